The van der Waals surface area contributed by atoms with E-state index >= 15 is 0 Å². The number of nitrogens with zero attached hydrogens (tertiary/aromatic N) is 2. The normalized spacial score (nSPS) is 10.4. The molecule has 0 unspecified atom stereocenters. The molecule has 0 amide bonds. The molecule has 2 N–H and O–H groups in total. The van der Waals surface area contributed by atoms with Crippen LogP contribution in [0.3, 0.4) is 0 Å². The summed E-state index contributed by atoms with van der Waals surface area (Å²) in [5.74, 6) is 0. The molecule has 96 valence electrons. The Kier molecular flexibility index (Phi) is 3.55. The van der Waals surface area contributed by atoms with Gasteiger partial charge in [0.1, 0.15) is 0 Å². The minimum Gasteiger partial charge on any atom is -0.381 e. The van der Waals surface area contributed by atoms with E-state index in [-0.39, 0.29) is 0 Å². The lowest BCUT2D eigenvalue weighted by Crippen LogP contribution is -2.09. The summed E-state index contributed by atoms with van der Waals surface area (Å²) in [6.07, 6.45) is 0. The molecule has 0 spiro atoms. The number of hydrogen-bond acceptors (Lipinski definition) is 3. The zero-order valence-electron chi connectivity index (χ0n) is 11.4. The molecule has 4 nitrogen and oxygen atoms in total. The highest BCUT2D eigenvalue weighted by Crippen LogP contribution is 2.19. The Morgan fingerprint density at radius 3 is 2.67 bits per heavy atom. The summed E-state index contributed by atoms with van der Waals surface area (Å²) in [6, 6.07) is 8.38. The third kappa shape index (κ3) is 2.64. The van der Waals surface area contributed by atoms with Gasteiger partial charge in [0.2, 0.25) is 0 Å². The molecule has 0 fully saturated rings. The van der Waals surface area contributed by atoms with Crippen LogP contribution in [0.4, 0.5) is 11.4 Å². The standard InChI is InChI=1S/C14H20N4/c1-10-14(11(2)17-16-10)9-15-12-6-5-7-13(8-12)18(3)4/h5-8,15H,9H2,1-4H3,(H,16,17). The van der Waals surface area contributed by atoms with Gasteiger partial charge in [0.15, 0.2) is 0 Å². The fourth-order valence-electron chi connectivity index (χ4n) is 1.92. The maximum Gasteiger partial charge on any atom is 0.0643 e. The first-order valence-electron chi connectivity index (χ1n) is 6.09. The van der Waals surface area contributed by atoms with Crippen LogP contribution in [0.15, 0.2) is 24.3 Å². The Balaban J connectivity index is 2.09. The number of nitrogens with one attached hydrogen (secondary N) is 2. The molecule has 1 aromatic carbocycles. The van der Waals surface area contributed by atoms with E-state index in [1.54, 1.807) is 0 Å². The second kappa shape index (κ2) is 5.12. The van der Waals surface area contributed by atoms with Gasteiger partial charge in [-0.3, -0.25) is 5.10 Å². The van der Waals surface area contributed by atoms with Crippen molar-refractivity contribution in [3.63, 3.8) is 0 Å². The molecule has 0 aliphatic heterocycles. The van der Waals surface area contributed by atoms with Gasteiger partial charge in [-0.2, -0.15) is 5.10 Å². The topological polar surface area (TPSA) is 44.0 Å². The van der Waals surface area contributed by atoms with Gasteiger partial charge in [-0.25, -0.2) is 0 Å². The molecule has 1 aromatic heterocycles. The van der Waals surface area contributed by atoms with Crippen LogP contribution in [-0.4, -0.2) is 24.3 Å². The van der Waals surface area contributed by atoms with E-state index in [0.717, 1.165) is 23.6 Å². The van der Waals surface area contributed by atoms with Crippen molar-refractivity contribution in [1.82, 2.24) is 10.2 Å². The molecule has 0 atom stereocenters. The maximum atomic E-state index is 4.20. The first kappa shape index (κ1) is 12.5. The van der Waals surface area contributed by atoms with Crippen molar-refractivity contribution >= 4 is 11.4 Å². The van der Waals surface area contributed by atoms with E-state index in [4.69, 9.17) is 0 Å². The van der Waals surface area contributed by atoms with Gasteiger partial charge in [0.25, 0.3) is 0 Å². The summed E-state index contributed by atoms with van der Waals surface area (Å²) in [5, 5.41) is 10.6. The lowest BCUT2D eigenvalue weighted by molar-refractivity contribution is 1.02. The number of hydrogen-bond donors (Lipinski definition) is 2. The van der Waals surface area contributed by atoms with Gasteiger partial charge in [-0.1, -0.05) is 6.07 Å². The second-order valence-electron chi connectivity index (χ2n) is 4.71. The molecule has 0 saturated carbocycles. The van der Waals surface area contributed by atoms with Crippen LogP contribution in [-0.2, 0) is 6.54 Å². The van der Waals surface area contributed by atoms with Crippen molar-refractivity contribution in [2.24, 2.45) is 0 Å². The van der Waals surface area contributed by atoms with Crippen molar-refractivity contribution in [2.45, 2.75) is 20.4 Å². The fourth-order valence-corrected chi connectivity index (χ4v) is 1.92. The average Bonchev–Trinajstić information content (AvgIpc) is 2.67. The number of rotatable bonds is 4. The monoisotopic (exact) mass is 244 g/mol. The lowest BCUT2D eigenvalue weighted by atomic mass is 10.2. The first-order chi connectivity index (χ1) is 8.58. The minimum absolute atomic E-state index is 0.797. The molecule has 0 bridgehead atoms. The number of aryl methyl sites for hydroxylation is 2. The summed E-state index contributed by atoms with van der Waals surface area (Å²) in [4.78, 5) is 2.10. The predicted molar refractivity (Wildman–Crippen MR) is 76.2 cm³/mol. The van der Waals surface area contributed by atoms with E-state index in [9.17, 15) is 0 Å². The zero-order chi connectivity index (χ0) is 13.1. The van der Waals surface area contributed by atoms with Gasteiger partial charge in [0.05, 0.1) is 5.69 Å². The smallest absolute Gasteiger partial charge is 0.0643 e. The van der Waals surface area contributed by atoms with E-state index in [2.05, 4.69) is 44.7 Å². The summed E-state index contributed by atoms with van der Waals surface area (Å²) < 4.78 is 0. The van der Waals surface area contributed by atoms with Gasteiger partial charge in [-0.15, -0.1) is 0 Å². The minimum atomic E-state index is 0.797. The highest BCUT2D eigenvalue weighted by molar-refractivity contribution is 5.57. The molecular formula is C14H20N4. The summed E-state index contributed by atoms with van der Waals surface area (Å²) >= 11 is 0. The van der Waals surface area contributed by atoms with E-state index in [1.807, 2.05) is 27.9 Å². The molecule has 0 radical (unpaired) electrons. The van der Waals surface area contributed by atoms with Crippen LogP contribution in [0, 0.1) is 13.8 Å². The molecule has 2 aromatic rings. The van der Waals surface area contributed by atoms with Crippen LogP contribution in [0.1, 0.15) is 17.0 Å². The predicted octanol–water partition coefficient (Wildman–Crippen LogP) is 2.70. The van der Waals surface area contributed by atoms with Crippen molar-refractivity contribution in [3.05, 3.63) is 41.2 Å². The van der Waals surface area contributed by atoms with Gasteiger partial charge in [-0.05, 0) is 32.0 Å². The number of anilines is 2. The Hall–Kier alpha value is -1.97. The fraction of sp³-hybridized carbons (Fsp3) is 0.357. The molecule has 0 aliphatic carbocycles. The van der Waals surface area contributed by atoms with Gasteiger partial charge in [0, 0.05) is 43.3 Å². The van der Waals surface area contributed by atoms with Gasteiger partial charge >= 0.3 is 0 Å². The highest BCUT2D eigenvalue weighted by Gasteiger charge is 2.05. The molecule has 18 heavy (non-hydrogen) atoms. The number of aromatic nitrogens is 2. The van der Waals surface area contributed by atoms with Crippen molar-refractivity contribution in [3.8, 4) is 0 Å². The van der Waals surface area contributed by atoms with Crippen molar-refractivity contribution < 1.29 is 0 Å². The average molecular weight is 244 g/mol. The Morgan fingerprint density at radius 1 is 1.28 bits per heavy atom. The van der Waals surface area contributed by atoms with Gasteiger partial charge < -0.3 is 10.2 Å². The number of H-pyrrole nitrogens is 1. The third-order valence-corrected chi connectivity index (χ3v) is 3.11. The Morgan fingerprint density at radius 2 is 2.06 bits per heavy atom. The SMILES string of the molecule is Cc1n[nH]c(C)c1CNc1cccc(N(C)C)c1. The second-order valence-corrected chi connectivity index (χ2v) is 4.71. The molecule has 0 aliphatic rings. The van der Waals surface area contributed by atoms with Crippen LogP contribution < -0.4 is 10.2 Å². The summed E-state index contributed by atoms with van der Waals surface area (Å²) in [7, 11) is 4.09. The number of aromatic amines is 1. The van der Waals surface area contributed by atoms with Crippen molar-refractivity contribution in [1.29, 1.82) is 0 Å². The van der Waals surface area contributed by atoms with Crippen LogP contribution in [0.25, 0.3) is 0 Å². The van der Waals surface area contributed by atoms with Crippen LogP contribution in [0.5, 0.6) is 0 Å². The Bertz CT molecular complexity index is 509. The number of benzene rings is 1. The zero-order valence-corrected chi connectivity index (χ0v) is 11.4. The molecule has 0 saturated heterocycles. The van der Waals surface area contributed by atoms with E-state index in [1.165, 1.54) is 11.3 Å². The third-order valence-electron chi connectivity index (χ3n) is 3.11. The Labute approximate surface area is 108 Å². The summed E-state index contributed by atoms with van der Waals surface area (Å²) in [6.45, 7) is 4.87. The molecular weight excluding hydrogens is 224 g/mol. The lowest BCUT2D eigenvalue weighted by Gasteiger charge is -2.14. The molecule has 4 heteroatoms. The van der Waals surface area contributed by atoms with Crippen LogP contribution >= 0.6 is 0 Å². The first-order valence-corrected chi connectivity index (χ1v) is 6.09. The highest BCUT2D eigenvalue weighted by atomic mass is 15.1. The van der Waals surface area contributed by atoms with Crippen LogP contribution in [0.2, 0.25) is 0 Å². The van der Waals surface area contributed by atoms with E-state index in [0.29, 0.717) is 0 Å². The maximum absolute atomic E-state index is 4.20. The molecule has 2 rings (SSSR count). The largest absolute Gasteiger partial charge is 0.381 e. The quantitative estimate of drug-likeness (QED) is 0.869. The van der Waals surface area contributed by atoms with E-state index < -0.39 is 0 Å². The van der Waals surface area contributed by atoms with Crippen molar-refractivity contribution in [2.75, 3.05) is 24.3 Å². The molecule has 1 heterocycles. The summed E-state index contributed by atoms with van der Waals surface area (Å²) in [5.41, 5.74) is 5.75.